The van der Waals surface area contributed by atoms with Crippen molar-refractivity contribution in [3.8, 4) is 0 Å². The molecule has 0 aliphatic heterocycles. The molecule has 0 radical (unpaired) electrons. The van der Waals surface area contributed by atoms with E-state index in [9.17, 15) is 9.18 Å². The van der Waals surface area contributed by atoms with Crippen LogP contribution >= 0.6 is 12.2 Å². The Bertz CT molecular complexity index is 988. The maximum atomic E-state index is 13.7. The van der Waals surface area contributed by atoms with Crippen LogP contribution in [0.25, 0.3) is 6.08 Å². The van der Waals surface area contributed by atoms with Crippen molar-refractivity contribution in [2.45, 2.75) is 0 Å². The third-order valence-corrected chi connectivity index (χ3v) is 4.03. The van der Waals surface area contributed by atoms with Gasteiger partial charge in [-0.1, -0.05) is 42.5 Å². The van der Waals surface area contributed by atoms with Crippen LogP contribution in [0.2, 0.25) is 0 Å². The summed E-state index contributed by atoms with van der Waals surface area (Å²) in [6.45, 7) is 0. The van der Waals surface area contributed by atoms with Gasteiger partial charge in [-0.25, -0.2) is 4.39 Å². The summed E-state index contributed by atoms with van der Waals surface area (Å²) in [7, 11) is 0. The molecule has 0 unspecified atom stereocenters. The van der Waals surface area contributed by atoms with E-state index in [-0.39, 0.29) is 5.56 Å². The minimum absolute atomic E-state index is 0.000262. The van der Waals surface area contributed by atoms with Crippen LogP contribution in [0.5, 0.6) is 0 Å². The summed E-state index contributed by atoms with van der Waals surface area (Å²) in [6.07, 6.45) is 3.67. The summed E-state index contributed by atoms with van der Waals surface area (Å²) in [4.78, 5) is 12.1. The SMILES string of the molecule is O=C(Nc1ccc(NC(=S)NC=Cc2ccccc2)cc1)c1ccccc1F. The molecule has 0 fully saturated rings. The van der Waals surface area contributed by atoms with Crippen molar-refractivity contribution in [3.05, 3.63) is 102 Å². The van der Waals surface area contributed by atoms with Crippen LogP contribution in [-0.4, -0.2) is 11.0 Å². The van der Waals surface area contributed by atoms with Crippen molar-refractivity contribution in [2.75, 3.05) is 10.6 Å². The van der Waals surface area contributed by atoms with E-state index in [1.54, 1.807) is 42.6 Å². The largest absolute Gasteiger partial charge is 0.339 e. The molecule has 3 rings (SSSR count). The van der Waals surface area contributed by atoms with Gasteiger partial charge in [-0.15, -0.1) is 0 Å². The number of benzene rings is 3. The van der Waals surface area contributed by atoms with Gasteiger partial charge in [0, 0.05) is 17.6 Å². The first-order valence-electron chi connectivity index (χ1n) is 8.57. The Labute approximate surface area is 168 Å². The number of amides is 1. The van der Waals surface area contributed by atoms with Gasteiger partial charge in [-0.3, -0.25) is 4.79 Å². The molecule has 140 valence electrons. The zero-order valence-corrected chi connectivity index (χ0v) is 15.7. The molecule has 0 bridgehead atoms. The van der Waals surface area contributed by atoms with E-state index in [1.807, 2.05) is 36.4 Å². The van der Waals surface area contributed by atoms with Crippen molar-refractivity contribution in [1.82, 2.24) is 5.32 Å². The van der Waals surface area contributed by atoms with Gasteiger partial charge in [-0.05, 0) is 60.3 Å². The van der Waals surface area contributed by atoms with Gasteiger partial charge in [0.25, 0.3) is 5.91 Å². The number of rotatable bonds is 5. The topological polar surface area (TPSA) is 53.2 Å². The molecule has 0 aromatic heterocycles. The molecular weight excluding hydrogens is 373 g/mol. The molecule has 0 saturated heterocycles. The van der Waals surface area contributed by atoms with Crippen LogP contribution in [-0.2, 0) is 0 Å². The van der Waals surface area contributed by atoms with E-state index < -0.39 is 11.7 Å². The zero-order valence-electron chi connectivity index (χ0n) is 14.9. The maximum Gasteiger partial charge on any atom is 0.258 e. The second kappa shape index (κ2) is 9.43. The van der Waals surface area contributed by atoms with Gasteiger partial charge in [0.2, 0.25) is 0 Å². The predicted molar refractivity (Wildman–Crippen MR) is 116 cm³/mol. The first-order valence-corrected chi connectivity index (χ1v) is 8.98. The molecule has 0 heterocycles. The van der Waals surface area contributed by atoms with Crippen molar-refractivity contribution in [3.63, 3.8) is 0 Å². The average molecular weight is 391 g/mol. The number of halogens is 1. The number of hydrogen-bond donors (Lipinski definition) is 3. The van der Waals surface area contributed by atoms with E-state index in [0.717, 1.165) is 11.3 Å². The second-order valence-electron chi connectivity index (χ2n) is 5.85. The average Bonchev–Trinajstić information content (AvgIpc) is 2.70. The number of hydrogen-bond acceptors (Lipinski definition) is 2. The van der Waals surface area contributed by atoms with E-state index in [0.29, 0.717) is 10.8 Å². The Hall–Kier alpha value is -3.51. The fourth-order valence-electron chi connectivity index (χ4n) is 2.43. The first-order chi connectivity index (χ1) is 13.6. The van der Waals surface area contributed by atoms with Gasteiger partial charge < -0.3 is 16.0 Å². The lowest BCUT2D eigenvalue weighted by Gasteiger charge is -2.10. The van der Waals surface area contributed by atoms with Crippen molar-refractivity contribution in [1.29, 1.82) is 0 Å². The monoisotopic (exact) mass is 391 g/mol. The summed E-state index contributed by atoms with van der Waals surface area (Å²) in [6, 6.07) is 22.7. The number of anilines is 2. The molecule has 3 aromatic rings. The normalized spacial score (nSPS) is 10.5. The molecule has 0 aliphatic rings. The van der Waals surface area contributed by atoms with Gasteiger partial charge in [0.1, 0.15) is 5.82 Å². The molecule has 3 aromatic carbocycles. The molecule has 0 spiro atoms. The van der Waals surface area contributed by atoms with Crippen molar-refractivity contribution in [2.24, 2.45) is 0 Å². The molecule has 0 aliphatic carbocycles. The van der Waals surface area contributed by atoms with Gasteiger partial charge in [0.05, 0.1) is 5.56 Å². The molecule has 0 atom stereocenters. The number of carbonyl (C=O) groups excluding carboxylic acids is 1. The van der Waals surface area contributed by atoms with E-state index in [4.69, 9.17) is 12.2 Å². The van der Waals surface area contributed by atoms with Crippen LogP contribution in [0.1, 0.15) is 15.9 Å². The Morgan fingerprint density at radius 2 is 1.43 bits per heavy atom. The third kappa shape index (κ3) is 5.49. The molecule has 28 heavy (non-hydrogen) atoms. The molecule has 6 heteroatoms. The molecule has 3 N–H and O–H groups in total. The fourth-order valence-corrected chi connectivity index (χ4v) is 2.61. The third-order valence-electron chi connectivity index (χ3n) is 3.81. The smallest absolute Gasteiger partial charge is 0.258 e. The summed E-state index contributed by atoms with van der Waals surface area (Å²) >= 11 is 5.25. The summed E-state index contributed by atoms with van der Waals surface area (Å²) in [5.74, 6) is -1.06. The van der Waals surface area contributed by atoms with Crippen LogP contribution in [0.15, 0.2) is 85.1 Å². The molecular formula is C22H18FN3OS. The predicted octanol–water partition coefficient (Wildman–Crippen LogP) is 5.04. The minimum Gasteiger partial charge on any atom is -0.339 e. The molecule has 1 amide bonds. The van der Waals surface area contributed by atoms with Crippen LogP contribution in [0.4, 0.5) is 15.8 Å². The number of thiocarbonyl (C=S) groups is 1. The lowest BCUT2D eigenvalue weighted by molar-refractivity contribution is 0.102. The highest BCUT2D eigenvalue weighted by Gasteiger charge is 2.10. The molecule has 4 nitrogen and oxygen atoms in total. The fraction of sp³-hybridized carbons (Fsp3) is 0. The lowest BCUT2D eigenvalue weighted by Crippen LogP contribution is -2.23. The standard InChI is InChI=1S/C22H18FN3OS/c23-20-9-5-4-8-19(20)21(27)25-17-10-12-18(13-11-17)26-22(28)24-15-14-16-6-2-1-3-7-16/h1-15H,(H,25,27)(H2,24,26,28). The van der Waals surface area contributed by atoms with Crippen LogP contribution < -0.4 is 16.0 Å². The molecule has 0 saturated carbocycles. The van der Waals surface area contributed by atoms with Gasteiger partial charge >= 0.3 is 0 Å². The highest BCUT2D eigenvalue weighted by Crippen LogP contribution is 2.15. The van der Waals surface area contributed by atoms with E-state index >= 15 is 0 Å². The quantitative estimate of drug-likeness (QED) is 0.534. The number of carbonyl (C=O) groups is 1. The van der Waals surface area contributed by atoms with E-state index in [1.165, 1.54) is 12.1 Å². The summed E-state index contributed by atoms with van der Waals surface area (Å²) < 4.78 is 13.7. The summed E-state index contributed by atoms with van der Waals surface area (Å²) in [5, 5.41) is 9.13. The van der Waals surface area contributed by atoms with Crippen molar-refractivity contribution < 1.29 is 9.18 Å². The van der Waals surface area contributed by atoms with Gasteiger partial charge in [0.15, 0.2) is 5.11 Å². The highest BCUT2D eigenvalue weighted by atomic mass is 32.1. The highest BCUT2D eigenvalue weighted by molar-refractivity contribution is 7.80. The zero-order chi connectivity index (χ0) is 19.8. The maximum absolute atomic E-state index is 13.7. The van der Waals surface area contributed by atoms with E-state index in [2.05, 4.69) is 16.0 Å². The van der Waals surface area contributed by atoms with Gasteiger partial charge in [-0.2, -0.15) is 0 Å². The first kappa shape index (κ1) is 19.3. The van der Waals surface area contributed by atoms with Crippen LogP contribution in [0.3, 0.4) is 0 Å². The Kier molecular flexibility index (Phi) is 6.49. The number of nitrogens with one attached hydrogen (secondary N) is 3. The summed E-state index contributed by atoms with van der Waals surface area (Å²) in [5.41, 5.74) is 2.38. The van der Waals surface area contributed by atoms with Crippen LogP contribution in [0, 0.1) is 5.82 Å². The lowest BCUT2D eigenvalue weighted by atomic mass is 10.2. The van der Waals surface area contributed by atoms with Crippen molar-refractivity contribution >= 4 is 40.7 Å². The second-order valence-corrected chi connectivity index (χ2v) is 6.26. The Morgan fingerprint density at radius 1 is 0.821 bits per heavy atom. The minimum atomic E-state index is -0.557. The Balaban J connectivity index is 1.52. The Morgan fingerprint density at radius 3 is 2.11 bits per heavy atom.